The molecule has 0 aliphatic heterocycles. The summed E-state index contributed by atoms with van der Waals surface area (Å²) in [6.45, 7) is 4.23. The van der Waals surface area contributed by atoms with Crippen LogP contribution in [0.2, 0.25) is 0 Å². The van der Waals surface area contributed by atoms with Crippen molar-refractivity contribution in [1.29, 1.82) is 0 Å². The summed E-state index contributed by atoms with van der Waals surface area (Å²) in [5.74, 6) is 0.439. The zero-order chi connectivity index (χ0) is 13.0. The van der Waals surface area contributed by atoms with Crippen molar-refractivity contribution in [2.75, 3.05) is 5.32 Å². The Morgan fingerprint density at radius 2 is 2.17 bits per heavy atom. The number of carbonyl (C=O) groups excluding carboxylic acids is 1. The van der Waals surface area contributed by atoms with Gasteiger partial charge in [-0.3, -0.25) is 9.89 Å². The fourth-order valence-corrected chi connectivity index (χ4v) is 1.91. The highest BCUT2D eigenvalue weighted by Gasteiger charge is 2.21. The molecule has 1 unspecified atom stereocenters. The van der Waals surface area contributed by atoms with E-state index in [1.54, 1.807) is 12.4 Å². The van der Waals surface area contributed by atoms with E-state index in [1.165, 1.54) is 0 Å². The molecule has 0 aliphatic carbocycles. The highest BCUT2D eigenvalue weighted by atomic mass is 16.2. The Balaban J connectivity index is 2.11. The van der Waals surface area contributed by atoms with Crippen LogP contribution in [0.3, 0.4) is 0 Å². The van der Waals surface area contributed by atoms with Crippen LogP contribution in [0.15, 0.2) is 36.9 Å². The Labute approximate surface area is 106 Å². The first kappa shape index (κ1) is 12.4. The number of H-pyrrole nitrogens is 1. The van der Waals surface area contributed by atoms with Crippen LogP contribution in [0.5, 0.6) is 0 Å². The Hall–Kier alpha value is -2.04. The van der Waals surface area contributed by atoms with Gasteiger partial charge in [-0.15, -0.1) is 0 Å². The number of hydrogen-bond donors (Lipinski definition) is 2. The molecule has 0 saturated heterocycles. The number of hydrogen-bond acceptors (Lipinski definition) is 2. The van der Waals surface area contributed by atoms with Crippen LogP contribution in [0.4, 0.5) is 5.69 Å². The molecular weight excluding hydrogens is 228 g/mol. The molecule has 0 bridgehead atoms. The standard InChI is InChI=1S/C13H18N4O/c1-10(2)7-12(17-5-3-4-6-17)13(18)16-11-8-14-15-9-11/h3-6,8-10,12H,7H2,1-2H3,(H,14,15)(H,16,18). The summed E-state index contributed by atoms with van der Waals surface area (Å²) in [7, 11) is 0. The van der Waals surface area contributed by atoms with Gasteiger partial charge in [-0.25, -0.2) is 0 Å². The number of anilines is 1. The minimum Gasteiger partial charge on any atom is -0.342 e. The molecule has 0 fully saturated rings. The second-order valence-corrected chi connectivity index (χ2v) is 4.75. The van der Waals surface area contributed by atoms with Crippen molar-refractivity contribution in [2.45, 2.75) is 26.3 Å². The van der Waals surface area contributed by atoms with E-state index in [1.807, 2.05) is 29.1 Å². The van der Waals surface area contributed by atoms with E-state index < -0.39 is 0 Å². The smallest absolute Gasteiger partial charge is 0.247 e. The van der Waals surface area contributed by atoms with Crippen LogP contribution < -0.4 is 5.32 Å². The zero-order valence-electron chi connectivity index (χ0n) is 10.6. The summed E-state index contributed by atoms with van der Waals surface area (Å²) in [5, 5.41) is 9.35. The maximum absolute atomic E-state index is 12.3. The lowest BCUT2D eigenvalue weighted by Crippen LogP contribution is -2.26. The maximum atomic E-state index is 12.3. The first-order valence-electron chi connectivity index (χ1n) is 6.09. The summed E-state index contributed by atoms with van der Waals surface area (Å²) in [6.07, 6.45) is 7.91. The van der Waals surface area contributed by atoms with Gasteiger partial charge in [0.1, 0.15) is 6.04 Å². The van der Waals surface area contributed by atoms with Crippen molar-refractivity contribution in [1.82, 2.24) is 14.8 Å². The van der Waals surface area contributed by atoms with Crippen LogP contribution in [0.1, 0.15) is 26.3 Å². The molecule has 96 valence electrons. The van der Waals surface area contributed by atoms with E-state index in [-0.39, 0.29) is 11.9 Å². The Bertz CT molecular complexity index is 473. The SMILES string of the molecule is CC(C)CC(C(=O)Nc1cn[nH]c1)n1cccc1. The van der Waals surface area contributed by atoms with Gasteiger partial charge in [-0.2, -0.15) is 5.10 Å². The largest absolute Gasteiger partial charge is 0.342 e. The van der Waals surface area contributed by atoms with Crippen LogP contribution in [0, 0.1) is 5.92 Å². The van der Waals surface area contributed by atoms with Crippen LogP contribution in [-0.2, 0) is 4.79 Å². The molecule has 18 heavy (non-hydrogen) atoms. The van der Waals surface area contributed by atoms with E-state index in [0.29, 0.717) is 11.6 Å². The fourth-order valence-electron chi connectivity index (χ4n) is 1.91. The molecule has 2 aromatic heterocycles. The molecule has 0 saturated carbocycles. The number of amides is 1. The molecule has 0 radical (unpaired) electrons. The molecule has 2 rings (SSSR count). The van der Waals surface area contributed by atoms with E-state index in [0.717, 1.165) is 6.42 Å². The number of aromatic amines is 1. The summed E-state index contributed by atoms with van der Waals surface area (Å²) >= 11 is 0. The lowest BCUT2D eigenvalue weighted by Gasteiger charge is -2.20. The molecule has 0 aliphatic rings. The van der Waals surface area contributed by atoms with Crippen molar-refractivity contribution in [3.05, 3.63) is 36.9 Å². The number of nitrogens with one attached hydrogen (secondary N) is 2. The van der Waals surface area contributed by atoms with Crippen molar-refractivity contribution in [3.8, 4) is 0 Å². The van der Waals surface area contributed by atoms with E-state index in [4.69, 9.17) is 0 Å². The van der Waals surface area contributed by atoms with Crippen LogP contribution in [0.25, 0.3) is 0 Å². The zero-order valence-corrected chi connectivity index (χ0v) is 10.6. The minimum atomic E-state index is -0.185. The lowest BCUT2D eigenvalue weighted by atomic mass is 10.0. The molecule has 2 N–H and O–H groups in total. The van der Waals surface area contributed by atoms with Gasteiger partial charge in [0.05, 0.1) is 11.9 Å². The van der Waals surface area contributed by atoms with E-state index >= 15 is 0 Å². The highest BCUT2D eigenvalue weighted by Crippen LogP contribution is 2.19. The Morgan fingerprint density at radius 1 is 1.44 bits per heavy atom. The predicted molar refractivity (Wildman–Crippen MR) is 70.1 cm³/mol. The van der Waals surface area contributed by atoms with Gasteiger partial charge in [-0.1, -0.05) is 13.8 Å². The van der Waals surface area contributed by atoms with Gasteiger partial charge >= 0.3 is 0 Å². The normalized spacial score (nSPS) is 12.6. The first-order chi connectivity index (χ1) is 8.66. The van der Waals surface area contributed by atoms with Crippen molar-refractivity contribution < 1.29 is 4.79 Å². The maximum Gasteiger partial charge on any atom is 0.247 e. The number of rotatable bonds is 5. The molecule has 5 nitrogen and oxygen atoms in total. The first-order valence-corrected chi connectivity index (χ1v) is 6.09. The summed E-state index contributed by atoms with van der Waals surface area (Å²) in [5.41, 5.74) is 0.695. The molecular formula is C13H18N4O. The molecule has 1 atom stereocenters. The summed E-state index contributed by atoms with van der Waals surface area (Å²) in [6, 6.07) is 3.67. The third-order valence-electron chi connectivity index (χ3n) is 2.75. The summed E-state index contributed by atoms with van der Waals surface area (Å²) < 4.78 is 1.94. The van der Waals surface area contributed by atoms with Crippen molar-refractivity contribution in [2.24, 2.45) is 5.92 Å². The predicted octanol–water partition coefficient (Wildman–Crippen LogP) is 2.44. The van der Waals surface area contributed by atoms with Gasteiger partial charge in [0, 0.05) is 18.6 Å². The Kier molecular flexibility index (Phi) is 3.82. The minimum absolute atomic E-state index is 0.0127. The molecule has 0 spiro atoms. The van der Waals surface area contributed by atoms with Crippen LogP contribution in [-0.4, -0.2) is 20.7 Å². The van der Waals surface area contributed by atoms with E-state index in [9.17, 15) is 4.79 Å². The average Bonchev–Trinajstić information content (AvgIpc) is 2.97. The summed E-state index contributed by atoms with van der Waals surface area (Å²) in [4.78, 5) is 12.3. The monoisotopic (exact) mass is 246 g/mol. The van der Waals surface area contributed by atoms with Crippen LogP contribution >= 0.6 is 0 Å². The second-order valence-electron chi connectivity index (χ2n) is 4.75. The fraction of sp³-hybridized carbons (Fsp3) is 0.385. The average molecular weight is 246 g/mol. The molecule has 1 amide bonds. The lowest BCUT2D eigenvalue weighted by molar-refractivity contribution is -0.119. The number of carbonyl (C=O) groups is 1. The molecule has 5 heteroatoms. The number of nitrogens with zero attached hydrogens (tertiary/aromatic N) is 2. The van der Waals surface area contributed by atoms with E-state index in [2.05, 4.69) is 29.4 Å². The third-order valence-corrected chi connectivity index (χ3v) is 2.75. The van der Waals surface area contributed by atoms with Gasteiger partial charge < -0.3 is 9.88 Å². The third kappa shape index (κ3) is 3.00. The molecule has 0 aromatic carbocycles. The van der Waals surface area contributed by atoms with Gasteiger partial charge in [0.15, 0.2) is 0 Å². The second kappa shape index (κ2) is 5.53. The quantitative estimate of drug-likeness (QED) is 0.851. The van der Waals surface area contributed by atoms with Gasteiger partial charge in [0.25, 0.3) is 0 Å². The van der Waals surface area contributed by atoms with Crippen molar-refractivity contribution in [3.63, 3.8) is 0 Å². The van der Waals surface area contributed by atoms with Gasteiger partial charge in [0.2, 0.25) is 5.91 Å². The van der Waals surface area contributed by atoms with Crippen molar-refractivity contribution >= 4 is 11.6 Å². The number of aromatic nitrogens is 3. The topological polar surface area (TPSA) is 62.7 Å². The molecule has 2 aromatic rings. The van der Waals surface area contributed by atoms with Gasteiger partial charge in [-0.05, 0) is 24.5 Å². The highest BCUT2D eigenvalue weighted by molar-refractivity contribution is 5.93. The Morgan fingerprint density at radius 3 is 2.72 bits per heavy atom. The molecule has 2 heterocycles.